The number of esters is 1. The first-order valence-electron chi connectivity index (χ1n) is 9.18. The molecule has 0 radical (unpaired) electrons. The van der Waals surface area contributed by atoms with Gasteiger partial charge in [-0.05, 0) is 75.2 Å². The topological polar surface area (TPSA) is 92.8 Å². The quantitative estimate of drug-likeness (QED) is 0.697. The molecule has 2 aromatic rings. The second-order valence-corrected chi connectivity index (χ2v) is 8.73. The monoisotopic (exact) mass is 418 g/mol. The molecule has 0 aliphatic carbocycles. The van der Waals surface area contributed by atoms with Crippen LogP contribution >= 0.6 is 0 Å². The molecule has 2 rings (SSSR count). The van der Waals surface area contributed by atoms with E-state index in [1.165, 1.54) is 19.1 Å². The van der Waals surface area contributed by atoms with E-state index in [9.17, 15) is 18.0 Å². The van der Waals surface area contributed by atoms with Crippen LogP contribution in [0.5, 0.6) is 0 Å². The van der Waals surface area contributed by atoms with Gasteiger partial charge < -0.3 is 10.1 Å². The lowest BCUT2D eigenvalue weighted by Gasteiger charge is -2.28. The van der Waals surface area contributed by atoms with Crippen LogP contribution in [0.2, 0.25) is 0 Å². The molecule has 0 heterocycles. The minimum Gasteiger partial charge on any atom is -0.462 e. The van der Waals surface area contributed by atoms with Crippen molar-refractivity contribution in [3.8, 4) is 0 Å². The van der Waals surface area contributed by atoms with Crippen molar-refractivity contribution in [1.82, 2.24) is 0 Å². The van der Waals surface area contributed by atoms with E-state index in [1.54, 1.807) is 31.2 Å². The molecule has 8 heteroatoms. The zero-order chi connectivity index (χ0) is 21.8. The summed E-state index contributed by atoms with van der Waals surface area (Å²) in [6.45, 7) is 7.26. The fraction of sp³-hybridized carbons (Fsp3) is 0.333. The highest BCUT2D eigenvalue weighted by molar-refractivity contribution is 7.92. The van der Waals surface area contributed by atoms with Gasteiger partial charge in [-0.15, -0.1) is 0 Å². The minimum absolute atomic E-state index is 0.272. The Hall–Kier alpha value is -2.87. The summed E-state index contributed by atoms with van der Waals surface area (Å²) in [6, 6.07) is 10.6. The van der Waals surface area contributed by atoms with Crippen LogP contribution in [-0.2, 0) is 19.6 Å². The molecule has 0 aliphatic heterocycles. The summed E-state index contributed by atoms with van der Waals surface area (Å²) in [7, 11) is -3.70. The molecule has 1 unspecified atom stereocenters. The molecule has 1 atom stereocenters. The second kappa shape index (κ2) is 9.09. The number of carbonyl (C=O) groups is 2. The van der Waals surface area contributed by atoms with E-state index in [-0.39, 0.29) is 6.61 Å². The molecule has 0 aliphatic rings. The van der Waals surface area contributed by atoms with Crippen molar-refractivity contribution in [2.45, 2.75) is 33.7 Å². The number of amides is 1. The van der Waals surface area contributed by atoms with Gasteiger partial charge in [0.1, 0.15) is 6.04 Å². The standard InChI is InChI=1S/C21H26N2O5S/c1-6-28-21(25)17-7-9-18(10-8-17)22-20(24)16(4)23(29(5,26)27)19-12-14(2)11-15(3)13-19/h7-13,16H,6H2,1-5H3,(H,22,24). The first-order chi connectivity index (χ1) is 13.5. The van der Waals surface area contributed by atoms with Crippen LogP contribution in [0.4, 0.5) is 11.4 Å². The van der Waals surface area contributed by atoms with Crippen molar-refractivity contribution in [3.05, 3.63) is 59.2 Å². The molecule has 29 heavy (non-hydrogen) atoms. The molecule has 0 aromatic heterocycles. The summed E-state index contributed by atoms with van der Waals surface area (Å²) in [6.07, 6.45) is 1.07. The van der Waals surface area contributed by atoms with E-state index in [1.807, 2.05) is 19.9 Å². The van der Waals surface area contributed by atoms with Gasteiger partial charge in [0.25, 0.3) is 0 Å². The molecule has 0 spiro atoms. The number of hydrogen-bond donors (Lipinski definition) is 1. The molecule has 156 valence electrons. The van der Waals surface area contributed by atoms with Gasteiger partial charge in [0.15, 0.2) is 0 Å². The summed E-state index contributed by atoms with van der Waals surface area (Å²) in [5.41, 5.74) is 3.05. The van der Waals surface area contributed by atoms with Crippen LogP contribution in [0.25, 0.3) is 0 Å². The molecule has 7 nitrogen and oxygen atoms in total. The number of hydrogen-bond acceptors (Lipinski definition) is 5. The average Bonchev–Trinajstić information content (AvgIpc) is 2.60. The van der Waals surface area contributed by atoms with Gasteiger partial charge in [0.05, 0.1) is 24.1 Å². The van der Waals surface area contributed by atoms with Gasteiger partial charge >= 0.3 is 5.97 Å². The van der Waals surface area contributed by atoms with Crippen molar-refractivity contribution in [2.75, 3.05) is 22.5 Å². The Labute approximate surface area is 171 Å². The van der Waals surface area contributed by atoms with Gasteiger partial charge in [0, 0.05) is 5.69 Å². The Morgan fingerprint density at radius 2 is 1.62 bits per heavy atom. The summed E-state index contributed by atoms with van der Waals surface area (Å²) < 4.78 is 30.9. The molecule has 0 saturated heterocycles. The van der Waals surface area contributed by atoms with Crippen LogP contribution in [0.1, 0.15) is 35.3 Å². The minimum atomic E-state index is -3.70. The van der Waals surface area contributed by atoms with E-state index >= 15 is 0 Å². The molecular weight excluding hydrogens is 392 g/mol. The Balaban J connectivity index is 2.24. The number of nitrogens with one attached hydrogen (secondary N) is 1. The van der Waals surface area contributed by atoms with E-state index in [0.29, 0.717) is 16.9 Å². The number of anilines is 2. The summed E-state index contributed by atoms with van der Waals surface area (Å²) in [5.74, 6) is -0.935. The van der Waals surface area contributed by atoms with E-state index < -0.39 is 27.9 Å². The fourth-order valence-corrected chi connectivity index (χ4v) is 4.20. The Kier molecular flexibility index (Phi) is 7.02. The predicted molar refractivity (Wildman–Crippen MR) is 114 cm³/mol. The van der Waals surface area contributed by atoms with Gasteiger partial charge in [-0.25, -0.2) is 13.2 Å². The summed E-state index contributed by atoms with van der Waals surface area (Å²) >= 11 is 0. The Morgan fingerprint density at radius 3 is 2.10 bits per heavy atom. The highest BCUT2D eigenvalue weighted by atomic mass is 32.2. The van der Waals surface area contributed by atoms with Gasteiger partial charge in [-0.2, -0.15) is 0 Å². The lowest BCUT2D eigenvalue weighted by molar-refractivity contribution is -0.116. The largest absolute Gasteiger partial charge is 0.462 e. The van der Waals surface area contributed by atoms with Crippen LogP contribution < -0.4 is 9.62 Å². The summed E-state index contributed by atoms with van der Waals surface area (Å²) in [4.78, 5) is 24.5. The number of nitrogens with zero attached hydrogens (tertiary/aromatic N) is 1. The Morgan fingerprint density at radius 1 is 1.07 bits per heavy atom. The lowest BCUT2D eigenvalue weighted by atomic mass is 10.1. The first-order valence-corrected chi connectivity index (χ1v) is 11.0. The van der Waals surface area contributed by atoms with E-state index in [4.69, 9.17) is 4.74 Å². The smallest absolute Gasteiger partial charge is 0.338 e. The lowest BCUT2D eigenvalue weighted by Crippen LogP contribution is -2.45. The van der Waals surface area contributed by atoms with Crippen molar-refractivity contribution in [2.24, 2.45) is 0 Å². The van der Waals surface area contributed by atoms with Gasteiger partial charge in [0.2, 0.25) is 15.9 Å². The van der Waals surface area contributed by atoms with Gasteiger partial charge in [-0.1, -0.05) is 6.07 Å². The van der Waals surface area contributed by atoms with Crippen LogP contribution in [0.3, 0.4) is 0 Å². The van der Waals surface area contributed by atoms with Crippen molar-refractivity contribution in [1.29, 1.82) is 0 Å². The number of aryl methyl sites for hydroxylation is 2. The maximum atomic E-state index is 12.8. The number of benzene rings is 2. The van der Waals surface area contributed by atoms with Crippen LogP contribution in [-0.4, -0.2) is 39.2 Å². The number of rotatable bonds is 7. The highest BCUT2D eigenvalue weighted by Crippen LogP contribution is 2.24. The zero-order valence-corrected chi connectivity index (χ0v) is 18.0. The third kappa shape index (κ3) is 5.80. The van der Waals surface area contributed by atoms with Crippen molar-refractivity contribution < 1.29 is 22.7 Å². The van der Waals surface area contributed by atoms with E-state index in [2.05, 4.69) is 5.32 Å². The van der Waals surface area contributed by atoms with Crippen LogP contribution in [0, 0.1) is 13.8 Å². The third-order valence-electron chi connectivity index (χ3n) is 4.21. The summed E-state index contributed by atoms with van der Waals surface area (Å²) in [5, 5.41) is 2.69. The Bertz CT molecular complexity index is 980. The molecule has 2 aromatic carbocycles. The zero-order valence-electron chi connectivity index (χ0n) is 17.2. The normalized spacial score (nSPS) is 12.2. The third-order valence-corrected chi connectivity index (χ3v) is 5.45. The number of ether oxygens (including phenoxy) is 1. The van der Waals surface area contributed by atoms with Crippen molar-refractivity contribution >= 4 is 33.3 Å². The first kappa shape index (κ1) is 22.4. The van der Waals surface area contributed by atoms with Crippen molar-refractivity contribution in [3.63, 3.8) is 0 Å². The molecule has 0 saturated carbocycles. The molecule has 0 fully saturated rings. The highest BCUT2D eigenvalue weighted by Gasteiger charge is 2.29. The molecular formula is C21H26N2O5S. The fourth-order valence-electron chi connectivity index (χ4n) is 3.04. The van der Waals surface area contributed by atoms with Crippen LogP contribution in [0.15, 0.2) is 42.5 Å². The number of sulfonamides is 1. The van der Waals surface area contributed by atoms with Gasteiger partial charge in [-0.3, -0.25) is 9.10 Å². The molecule has 0 bridgehead atoms. The average molecular weight is 419 g/mol. The van der Waals surface area contributed by atoms with E-state index in [0.717, 1.165) is 21.7 Å². The molecule has 1 amide bonds. The maximum Gasteiger partial charge on any atom is 0.338 e. The second-order valence-electron chi connectivity index (χ2n) is 6.87. The maximum absolute atomic E-state index is 12.8. The number of carbonyl (C=O) groups excluding carboxylic acids is 2. The SMILES string of the molecule is CCOC(=O)c1ccc(NC(=O)C(C)N(c2cc(C)cc(C)c2)S(C)(=O)=O)cc1. The molecule has 1 N–H and O–H groups in total. The predicted octanol–water partition coefficient (Wildman–Crippen LogP) is 3.27.